The lowest BCUT2D eigenvalue weighted by molar-refractivity contribution is -0.130. The predicted octanol–water partition coefficient (Wildman–Crippen LogP) is 5.36. The van der Waals surface area contributed by atoms with Crippen LogP contribution in [-0.2, 0) is 17.6 Å². The minimum atomic E-state index is 0.246. The summed E-state index contributed by atoms with van der Waals surface area (Å²) in [7, 11) is 0. The number of thioether (sulfide) groups is 1. The van der Waals surface area contributed by atoms with Gasteiger partial charge in [-0.05, 0) is 67.2 Å². The van der Waals surface area contributed by atoms with Crippen molar-refractivity contribution in [3.8, 4) is 0 Å². The van der Waals surface area contributed by atoms with Crippen molar-refractivity contribution >= 4 is 40.2 Å². The molecule has 144 valence electrons. The first-order valence-electron chi connectivity index (χ1n) is 10.0. The zero-order valence-electron chi connectivity index (χ0n) is 16.1. The van der Waals surface area contributed by atoms with Crippen LogP contribution >= 0.6 is 23.4 Å². The fraction of sp³-hybridized carbons (Fsp3) is 0.545. The molecule has 3 nitrogen and oxygen atoms in total. The van der Waals surface area contributed by atoms with Gasteiger partial charge in [-0.1, -0.05) is 43.3 Å². The fourth-order valence-electron chi connectivity index (χ4n) is 4.68. The lowest BCUT2D eigenvalue weighted by Gasteiger charge is -2.35. The molecule has 2 heterocycles. The first kappa shape index (κ1) is 19.1. The number of nitrogens with zero attached hydrogens (tertiary/aromatic N) is 2. The largest absolute Gasteiger partial charge is 0.341 e. The van der Waals surface area contributed by atoms with E-state index in [-0.39, 0.29) is 5.91 Å². The second-order valence-electron chi connectivity index (χ2n) is 8.28. The number of pyridine rings is 1. The molecule has 1 aromatic heterocycles. The second kappa shape index (κ2) is 8.00. The minimum absolute atomic E-state index is 0.246. The van der Waals surface area contributed by atoms with Crippen molar-refractivity contribution in [3.05, 3.63) is 34.3 Å². The third-order valence-electron chi connectivity index (χ3n) is 5.79. The highest BCUT2D eigenvalue weighted by Gasteiger charge is 2.26. The van der Waals surface area contributed by atoms with Crippen molar-refractivity contribution in [2.45, 2.75) is 51.0 Å². The molecule has 2 unspecified atom stereocenters. The Balaban J connectivity index is 1.57. The molecule has 5 heteroatoms. The van der Waals surface area contributed by atoms with Crippen molar-refractivity contribution in [3.63, 3.8) is 0 Å². The third kappa shape index (κ3) is 4.12. The maximum absolute atomic E-state index is 12.8. The Morgan fingerprint density at radius 3 is 2.63 bits per heavy atom. The summed E-state index contributed by atoms with van der Waals surface area (Å²) in [6.07, 6.45) is 5.81. The van der Waals surface area contributed by atoms with Gasteiger partial charge in [0, 0.05) is 23.5 Å². The molecule has 0 radical (unpaired) electrons. The fourth-order valence-corrected chi connectivity index (χ4v) is 5.85. The van der Waals surface area contributed by atoms with Gasteiger partial charge in [-0.2, -0.15) is 0 Å². The molecule has 1 aliphatic carbocycles. The normalized spacial score (nSPS) is 22.7. The topological polar surface area (TPSA) is 33.2 Å². The molecule has 1 amide bonds. The van der Waals surface area contributed by atoms with Gasteiger partial charge < -0.3 is 4.90 Å². The number of carbonyl (C=O) groups is 1. The number of amides is 1. The van der Waals surface area contributed by atoms with E-state index in [1.807, 2.05) is 12.1 Å². The number of benzene rings is 1. The second-order valence-corrected chi connectivity index (χ2v) is 9.68. The smallest absolute Gasteiger partial charge is 0.233 e. The zero-order valence-corrected chi connectivity index (χ0v) is 17.7. The van der Waals surface area contributed by atoms with Crippen molar-refractivity contribution in [1.82, 2.24) is 9.88 Å². The van der Waals surface area contributed by atoms with E-state index in [4.69, 9.17) is 16.6 Å². The molecule has 0 N–H and O–H groups in total. The predicted molar refractivity (Wildman–Crippen MR) is 114 cm³/mol. The molecule has 1 aliphatic heterocycles. The van der Waals surface area contributed by atoms with E-state index in [2.05, 4.69) is 24.8 Å². The summed E-state index contributed by atoms with van der Waals surface area (Å²) in [5.41, 5.74) is 3.73. The zero-order chi connectivity index (χ0) is 19.0. The van der Waals surface area contributed by atoms with E-state index in [1.54, 1.807) is 11.8 Å². The van der Waals surface area contributed by atoms with Gasteiger partial charge in [-0.25, -0.2) is 4.98 Å². The van der Waals surface area contributed by atoms with Gasteiger partial charge in [0.2, 0.25) is 5.91 Å². The summed E-state index contributed by atoms with van der Waals surface area (Å²) in [6.45, 7) is 6.27. The summed E-state index contributed by atoms with van der Waals surface area (Å²) in [4.78, 5) is 19.8. The Morgan fingerprint density at radius 1 is 1.19 bits per heavy atom. The van der Waals surface area contributed by atoms with Gasteiger partial charge in [0.05, 0.1) is 11.3 Å². The van der Waals surface area contributed by atoms with Crippen molar-refractivity contribution in [1.29, 1.82) is 0 Å². The molecular weight excluding hydrogens is 376 g/mol. The average molecular weight is 403 g/mol. The highest BCUT2D eigenvalue weighted by Crippen LogP contribution is 2.35. The summed E-state index contributed by atoms with van der Waals surface area (Å²) < 4.78 is 0. The maximum Gasteiger partial charge on any atom is 0.233 e. The molecule has 2 aliphatic rings. The van der Waals surface area contributed by atoms with Gasteiger partial charge in [0.15, 0.2) is 0 Å². The van der Waals surface area contributed by atoms with Crippen molar-refractivity contribution in [2.75, 3.05) is 18.8 Å². The number of halogens is 1. The van der Waals surface area contributed by atoms with Crippen LogP contribution in [-0.4, -0.2) is 34.6 Å². The first-order valence-corrected chi connectivity index (χ1v) is 11.4. The van der Waals surface area contributed by atoms with E-state index in [1.165, 1.54) is 35.8 Å². The molecule has 4 rings (SSSR count). The molecule has 0 spiro atoms. The van der Waals surface area contributed by atoms with Gasteiger partial charge in [0.1, 0.15) is 5.03 Å². The van der Waals surface area contributed by atoms with Crippen LogP contribution in [0.4, 0.5) is 0 Å². The number of rotatable bonds is 3. The Kier molecular flexibility index (Phi) is 5.65. The quantitative estimate of drug-likeness (QED) is 0.647. The van der Waals surface area contributed by atoms with Crippen molar-refractivity contribution < 1.29 is 4.79 Å². The molecular formula is C22H27ClN2OS. The maximum atomic E-state index is 12.8. The number of fused-ring (bicyclic) bond motifs is 3. The number of hydrogen-bond donors (Lipinski definition) is 0. The Labute approximate surface area is 170 Å². The van der Waals surface area contributed by atoms with Gasteiger partial charge in [-0.3, -0.25) is 4.79 Å². The highest BCUT2D eigenvalue weighted by molar-refractivity contribution is 7.99. The van der Waals surface area contributed by atoms with Crippen molar-refractivity contribution in [2.24, 2.45) is 11.8 Å². The van der Waals surface area contributed by atoms with E-state index < -0.39 is 0 Å². The lowest BCUT2D eigenvalue weighted by Crippen LogP contribution is -2.43. The van der Waals surface area contributed by atoms with E-state index >= 15 is 0 Å². The number of piperidine rings is 1. The van der Waals surface area contributed by atoms with Crippen LogP contribution in [0.2, 0.25) is 5.02 Å². The monoisotopic (exact) mass is 402 g/mol. The van der Waals surface area contributed by atoms with Gasteiger partial charge in [0.25, 0.3) is 0 Å². The van der Waals surface area contributed by atoms with Crippen LogP contribution in [0.3, 0.4) is 0 Å². The molecule has 1 fully saturated rings. The molecule has 2 atom stereocenters. The minimum Gasteiger partial charge on any atom is -0.341 e. The van der Waals surface area contributed by atoms with Crippen LogP contribution in [0.15, 0.2) is 23.2 Å². The molecule has 0 saturated carbocycles. The first-order chi connectivity index (χ1) is 13.0. The van der Waals surface area contributed by atoms with Crippen LogP contribution in [0.1, 0.15) is 44.2 Å². The SMILES string of the molecule is CC1CC(C)CN(C(=O)CSc2nc3cc(Cl)ccc3c3c2CCCC3)C1. The summed E-state index contributed by atoms with van der Waals surface area (Å²) >= 11 is 7.82. The molecule has 0 bridgehead atoms. The van der Waals surface area contributed by atoms with E-state index in [0.29, 0.717) is 22.6 Å². The van der Waals surface area contributed by atoms with Gasteiger partial charge >= 0.3 is 0 Å². The number of likely N-dealkylation sites (tertiary alicyclic amines) is 1. The van der Waals surface area contributed by atoms with E-state index in [9.17, 15) is 4.79 Å². The Bertz CT molecular complexity index is 859. The van der Waals surface area contributed by atoms with Crippen LogP contribution in [0.25, 0.3) is 10.9 Å². The standard InChI is InChI=1S/C22H27ClN2OS/c1-14-9-15(2)12-25(11-14)21(26)13-27-22-19-6-4-3-5-17(19)18-8-7-16(23)10-20(18)24-22/h7-8,10,14-15H,3-6,9,11-13H2,1-2H3. The number of aromatic nitrogens is 1. The summed E-state index contributed by atoms with van der Waals surface area (Å²) in [5, 5.41) is 2.98. The molecule has 27 heavy (non-hydrogen) atoms. The third-order valence-corrected chi connectivity index (χ3v) is 7.02. The van der Waals surface area contributed by atoms with Crippen LogP contribution in [0.5, 0.6) is 0 Å². The average Bonchev–Trinajstić information content (AvgIpc) is 2.64. The highest BCUT2D eigenvalue weighted by atomic mass is 35.5. The van der Waals surface area contributed by atoms with Crippen LogP contribution < -0.4 is 0 Å². The summed E-state index contributed by atoms with van der Waals surface area (Å²) in [5.74, 6) is 1.91. The Morgan fingerprint density at radius 2 is 1.89 bits per heavy atom. The molecule has 1 saturated heterocycles. The Hall–Kier alpha value is -1.26. The molecule has 1 aromatic carbocycles. The van der Waals surface area contributed by atoms with E-state index in [0.717, 1.165) is 36.5 Å². The molecule has 2 aromatic rings. The number of hydrogen-bond acceptors (Lipinski definition) is 3. The van der Waals surface area contributed by atoms with Gasteiger partial charge in [-0.15, -0.1) is 0 Å². The number of aryl methyl sites for hydroxylation is 1. The summed E-state index contributed by atoms with van der Waals surface area (Å²) in [6, 6.07) is 6.01. The number of carbonyl (C=O) groups excluding carboxylic acids is 1. The van der Waals surface area contributed by atoms with Crippen LogP contribution in [0, 0.1) is 11.8 Å². The lowest BCUT2D eigenvalue weighted by atomic mass is 9.90.